The zero-order chi connectivity index (χ0) is 15.5. The van der Waals surface area contributed by atoms with Crippen LogP contribution in [0.15, 0.2) is 24.3 Å². The molecule has 1 saturated carbocycles. The number of rotatable bonds is 3. The van der Waals surface area contributed by atoms with Gasteiger partial charge < -0.3 is 15.4 Å². The summed E-state index contributed by atoms with van der Waals surface area (Å²) in [5.41, 5.74) is 2.62. The van der Waals surface area contributed by atoms with Crippen molar-refractivity contribution in [3.05, 3.63) is 35.5 Å². The number of aromatic amines is 1. The summed E-state index contributed by atoms with van der Waals surface area (Å²) in [7, 11) is 0. The number of aliphatic hydroxyl groups is 1. The third kappa shape index (κ3) is 2.88. The van der Waals surface area contributed by atoms with Gasteiger partial charge in [0.1, 0.15) is 0 Å². The normalized spacial score (nSPS) is 22.5. The first-order valence-corrected chi connectivity index (χ1v) is 8.19. The van der Waals surface area contributed by atoms with E-state index >= 15 is 0 Å². The molecule has 1 aliphatic rings. The Morgan fingerprint density at radius 3 is 2.86 bits per heavy atom. The molecule has 0 bridgehead atoms. The van der Waals surface area contributed by atoms with Gasteiger partial charge in [0.05, 0.1) is 5.56 Å². The Morgan fingerprint density at radius 1 is 1.27 bits per heavy atom. The maximum atomic E-state index is 12.8. The monoisotopic (exact) mass is 300 g/mol. The lowest BCUT2D eigenvalue weighted by molar-refractivity contribution is 0.0900. The lowest BCUT2D eigenvalue weighted by Crippen LogP contribution is -2.41. The summed E-state index contributed by atoms with van der Waals surface area (Å²) in [6.45, 7) is 2.09. The number of aryl methyl sites for hydroxylation is 1. The van der Waals surface area contributed by atoms with E-state index in [0.717, 1.165) is 47.8 Å². The summed E-state index contributed by atoms with van der Waals surface area (Å²) in [4.78, 5) is 16.0. The molecule has 0 spiro atoms. The van der Waals surface area contributed by atoms with Crippen molar-refractivity contribution >= 4 is 16.8 Å². The number of fused-ring (bicyclic) bond motifs is 1. The first-order valence-electron chi connectivity index (χ1n) is 8.19. The zero-order valence-electron chi connectivity index (χ0n) is 13.1. The van der Waals surface area contributed by atoms with Crippen molar-refractivity contribution in [3.63, 3.8) is 0 Å². The van der Waals surface area contributed by atoms with Crippen LogP contribution in [0.1, 0.15) is 48.2 Å². The van der Waals surface area contributed by atoms with Gasteiger partial charge in [-0.15, -0.1) is 0 Å². The van der Waals surface area contributed by atoms with E-state index in [1.807, 2.05) is 31.2 Å². The van der Waals surface area contributed by atoms with Crippen LogP contribution in [0.4, 0.5) is 0 Å². The molecule has 1 heterocycles. The van der Waals surface area contributed by atoms with Gasteiger partial charge in [0.25, 0.3) is 5.91 Å². The van der Waals surface area contributed by atoms with Gasteiger partial charge >= 0.3 is 0 Å². The Balaban J connectivity index is 1.84. The fraction of sp³-hybridized carbons (Fsp3) is 0.500. The fourth-order valence-corrected chi connectivity index (χ4v) is 3.60. The summed E-state index contributed by atoms with van der Waals surface area (Å²) in [6, 6.07) is 7.96. The Bertz CT molecular complexity index is 662. The summed E-state index contributed by atoms with van der Waals surface area (Å²) < 4.78 is 0. The number of para-hydroxylation sites is 1. The molecule has 1 aromatic heterocycles. The lowest BCUT2D eigenvalue weighted by Gasteiger charge is -2.24. The molecule has 0 saturated heterocycles. The van der Waals surface area contributed by atoms with E-state index in [-0.39, 0.29) is 24.5 Å². The fourth-order valence-electron chi connectivity index (χ4n) is 3.60. The molecule has 4 heteroatoms. The molecule has 0 aliphatic heterocycles. The molecule has 2 aromatic rings. The van der Waals surface area contributed by atoms with Crippen LogP contribution in [-0.2, 0) is 0 Å². The highest BCUT2D eigenvalue weighted by molar-refractivity contribution is 6.08. The molecule has 1 aliphatic carbocycles. The third-order valence-corrected chi connectivity index (χ3v) is 4.83. The quantitative estimate of drug-likeness (QED) is 0.762. The van der Waals surface area contributed by atoms with E-state index in [0.29, 0.717) is 0 Å². The van der Waals surface area contributed by atoms with Crippen molar-refractivity contribution in [3.8, 4) is 0 Å². The van der Waals surface area contributed by atoms with Crippen LogP contribution < -0.4 is 5.32 Å². The van der Waals surface area contributed by atoms with Crippen LogP contribution in [0.3, 0.4) is 0 Å². The number of aliphatic hydroxyl groups excluding tert-OH is 1. The summed E-state index contributed by atoms with van der Waals surface area (Å²) >= 11 is 0. The zero-order valence-corrected chi connectivity index (χ0v) is 13.1. The Hall–Kier alpha value is -1.81. The second kappa shape index (κ2) is 6.53. The Labute approximate surface area is 130 Å². The molecular weight excluding hydrogens is 276 g/mol. The molecule has 22 heavy (non-hydrogen) atoms. The van der Waals surface area contributed by atoms with Crippen LogP contribution in [0.25, 0.3) is 10.9 Å². The van der Waals surface area contributed by atoms with E-state index in [1.165, 1.54) is 6.42 Å². The highest BCUT2D eigenvalue weighted by atomic mass is 16.3. The van der Waals surface area contributed by atoms with Gasteiger partial charge in [0, 0.05) is 35.2 Å². The minimum absolute atomic E-state index is 0.0275. The van der Waals surface area contributed by atoms with Crippen molar-refractivity contribution in [2.45, 2.75) is 45.1 Å². The van der Waals surface area contributed by atoms with Crippen LogP contribution >= 0.6 is 0 Å². The van der Waals surface area contributed by atoms with Crippen LogP contribution in [-0.4, -0.2) is 28.6 Å². The van der Waals surface area contributed by atoms with E-state index in [2.05, 4.69) is 10.3 Å². The molecule has 2 unspecified atom stereocenters. The van der Waals surface area contributed by atoms with Crippen molar-refractivity contribution in [2.24, 2.45) is 5.92 Å². The minimum Gasteiger partial charge on any atom is -0.396 e. The van der Waals surface area contributed by atoms with Gasteiger partial charge in [0.2, 0.25) is 0 Å². The Kier molecular flexibility index (Phi) is 4.48. The standard InChI is InChI=1S/C18H24N2O2/c1-12-17(14-8-5-6-10-16(14)19-12)18(22)20-15-9-4-2-3-7-13(15)11-21/h5-6,8,10,13,15,19,21H,2-4,7,9,11H2,1H3,(H,20,22). The van der Waals surface area contributed by atoms with Gasteiger partial charge in [-0.1, -0.05) is 37.5 Å². The first-order chi connectivity index (χ1) is 10.7. The molecule has 1 fully saturated rings. The molecule has 1 aromatic carbocycles. The summed E-state index contributed by atoms with van der Waals surface area (Å²) in [6.07, 6.45) is 5.40. The van der Waals surface area contributed by atoms with Gasteiger partial charge in [-0.05, 0) is 25.8 Å². The van der Waals surface area contributed by atoms with E-state index in [1.54, 1.807) is 0 Å². The second-order valence-electron chi connectivity index (χ2n) is 6.33. The van der Waals surface area contributed by atoms with Crippen molar-refractivity contribution < 1.29 is 9.90 Å². The topological polar surface area (TPSA) is 65.1 Å². The van der Waals surface area contributed by atoms with E-state index in [4.69, 9.17) is 0 Å². The van der Waals surface area contributed by atoms with E-state index in [9.17, 15) is 9.90 Å². The predicted molar refractivity (Wildman–Crippen MR) is 88.0 cm³/mol. The number of hydrogen-bond donors (Lipinski definition) is 3. The molecule has 118 valence electrons. The summed E-state index contributed by atoms with van der Waals surface area (Å²) in [5, 5.41) is 13.7. The van der Waals surface area contributed by atoms with Gasteiger partial charge in [-0.3, -0.25) is 4.79 Å². The highest BCUT2D eigenvalue weighted by Gasteiger charge is 2.26. The first kappa shape index (κ1) is 15.1. The molecule has 3 rings (SSSR count). The number of carbonyl (C=O) groups excluding carboxylic acids is 1. The number of carbonyl (C=O) groups is 1. The predicted octanol–water partition coefficient (Wildman–Crippen LogP) is 3.15. The number of amides is 1. The second-order valence-corrected chi connectivity index (χ2v) is 6.33. The van der Waals surface area contributed by atoms with E-state index < -0.39 is 0 Å². The van der Waals surface area contributed by atoms with Gasteiger partial charge in [-0.25, -0.2) is 0 Å². The van der Waals surface area contributed by atoms with Gasteiger partial charge in [0.15, 0.2) is 0 Å². The number of nitrogens with one attached hydrogen (secondary N) is 2. The SMILES string of the molecule is Cc1[nH]c2ccccc2c1C(=O)NC1CCCCCC1CO. The third-order valence-electron chi connectivity index (χ3n) is 4.83. The molecular formula is C18H24N2O2. The Morgan fingerprint density at radius 2 is 2.05 bits per heavy atom. The average molecular weight is 300 g/mol. The maximum absolute atomic E-state index is 12.8. The number of hydrogen-bond acceptors (Lipinski definition) is 2. The molecule has 4 nitrogen and oxygen atoms in total. The van der Waals surface area contributed by atoms with Crippen molar-refractivity contribution in [1.82, 2.24) is 10.3 Å². The van der Waals surface area contributed by atoms with Crippen molar-refractivity contribution in [1.29, 1.82) is 0 Å². The summed E-state index contributed by atoms with van der Waals surface area (Å²) in [5.74, 6) is 0.150. The highest BCUT2D eigenvalue weighted by Crippen LogP contribution is 2.25. The van der Waals surface area contributed by atoms with Crippen molar-refractivity contribution in [2.75, 3.05) is 6.61 Å². The smallest absolute Gasteiger partial charge is 0.253 e. The lowest BCUT2D eigenvalue weighted by atomic mass is 9.95. The number of H-pyrrole nitrogens is 1. The molecule has 1 amide bonds. The molecule has 2 atom stereocenters. The number of benzene rings is 1. The average Bonchev–Trinajstić information content (AvgIpc) is 2.69. The van der Waals surface area contributed by atoms with Gasteiger partial charge in [-0.2, -0.15) is 0 Å². The molecule has 3 N–H and O–H groups in total. The minimum atomic E-state index is -0.0275. The van der Waals surface area contributed by atoms with Crippen LogP contribution in [0, 0.1) is 12.8 Å². The maximum Gasteiger partial charge on any atom is 0.253 e. The van der Waals surface area contributed by atoms with Crippen LogP contribution in [0.2, 0.25) is 0 Å². The molecule has 0 radical (unpaired) electrons. The number of aromatic nitrogens is 1. The van der Waals surface area contributed by atoms with Crippen LogP contribution in [0.5, 0.6) is 0 Å². The largest absolute Gasteiger partial charge is 0.396 e.